The van der Waals surface area contributed by atoms with E-state index in [1.54, 1.807) is 12.1 Å². The highest BCUT2D eigenvalue weighted by atomic mass is 32.2. The second kappa shape index (κ2) is 6.93. The van der Waals surface area contributed by atoms with Gasteiger partial charge in [-0.05, 0) is 53.5 Å². The Labute approximate surface area is 159 Å². The molecule has 1 heterocycles. The number of amides is 1. The third-order valence-electron chi connectivity index (χ3n) is 4.56. The summed E-state index contributed by atoms with van der Waals surface area (Å²) in [6, 6.07) is 12.1. The number of halogens is 1. The summed E-state index contributed by atoms with van der Waals surface area (Å²) in [5.41, 5.74) is 1.95. The fourth-order valence-electron chi connectivity index (χ4n) is 3.03. The second-order valence-electron chi connectivity index (χ2n) is 7.70. The standard InChI is InChI=1S/C21H22FNO3S/c1-21(2,3)16-6-4-15(5-7-16)20(24)23(18-10-8-17(22)9-11-18)19-12-13-27(25,26)14-19/h4-13,19H,14H2,1-3H3. The summed E-state index contributed by atoms with van der Waals surface area (Å²) in [4.78, 5) is 14.6. The Balaban J connectivity index is 1.98. The number of hydrogen-bond acceptors (Lipinski definition) is 3. The van der Waals surface area contributed by atoms with Gasteiger partial charge in [-0.2, -0.15) is 0 Å². The maximum atomic E-state index is 13.3. The minimum absolute atomic E-state index is 0.0412. The number of nitrogens with zero attached hydrogens (tertiary/aromatic N) is 1. The Morgan fingerprint density at radius 2 is 1.63 bits per heavy atom. The molecule has 6 heteroatoms. The summed E-state index contributed by atoms with van der Waals surface area (Å²) in [5, 5.41) is 1.13. The fraction of sp³-hybridized carbons (Fsp3) is 0.286. The average molecular weight is 387 g/mol. The molecule has 142 valence electrons. The van der Waals surface area contributed by atoms with Crippen molar-refractivity contribution in [2.45, 2.75) is 32.2 Å². The molecular weight excluding hydrogens is 365 g/mol. The van der Waals surface area contributed by atoms with Crippen molar-refractivity contribution in [3.05, 3.63) is 77.0 Å². The van der Waals surface area contributed by atoms with Gasteiger partial charge in [0.2, 0.25) is 0 Å². The van der Waals surface area contributed by atoms with E-state index in [1.165, 1.54) is 35.2 Å². The summed E-state index contributed by atoms with van der Waals surface area (Å²) >= 11 is 0. The largest absolute Gasteiger partial charge is 0.300 e. The molecule has 0 radical (unpaired) electrons. The maximum absolute atomic E-state index is 13.3. The summed E-state index contributed by atoms with van der Waals surface area (Å²) < 4.78 is 37.0. The van der Waals surface area contributed by atoms with Crippen molar-refractivity contribution in [3.8, 4) is 0 Å². The van der Waals surface area contributed by atoms with Crippen LogP contribution in [0.1, 0.15) is 36.7 Å². The average Bonchev–Trinajstić information content (AvgIpc) is 2.95. The van der Waals surface area contributed by atoms with E-state index in [4.69, 9.17) is 0 Å². The van der Waals surface area contributed by atoms with Gasteiger partial charge in [-0.3, -0.25) is 4.79 Å². The van der Waals surface area contributed by atoms with Gasteiger partial charge in [-0.15, -0.1) is 0 Å². The zero-order valence-corrected chi connectivity index (χ0v) is 16.3. The molecule has 0 fully saturated rings. The van der Waals surface area contributed by atoms with Gasteiger partial charge in [0.05, 0.1) is 11.8 Å². The zero-order chi connectivity index (χ0) is 19.8. The van der Waals surface area contributed by atoms with Gasteiger partial charge in [0.15, 0.2) is 9.84 Å². The molecule has 1 aliphatic rings. The first kappa shape index (κ1) is 19.3. The third-order valence-corrected chi connectivity index (χ3v) is 5.94. The van der Waals surface area contributed by atoms with Crippen molar-refractivity contribution in [1.29, 1.82) is 0 Å². The summed E-state index contributed by atoms with van der Waals surface area (Å²) in [6.45, 7) is 6.26. The Morgan fingerprint density at radius 3 is 2.11 bits per heavy atom. The van der Waals surface area contributed by atoms with Crippen molar-refractivity contribution in [2.24, 2.45) is 0 Å². The summed E-state index contributed by atoms with van der Waals surface area (Å²) in [5.74, 6) is -0.931. The predicted molar refractivity (Wildman–Crippen MR) is 105 cm³/mol. The normalized spacial score (nSPS) is 18.4. The lowest BCUT2D eigenvalue weighted by atomic mass is 9.86. The monoisotopic (exact) mass is 387 g/mol. The first-order valence-electron chi connectivity index (χ1n) is 8.67. The Bertz CT molecular complexity index is 972. The number of rotatable bonds is 3. The van der Waals surface area contributed by atoms with Gasteiger partial charge in [0.25, 0.3) is 5.91 Å². The van der Waals surface area contributed by atoms with Crippen LogP contribution in [0.2, 0.25) is 0 Å². The molecule has 0 saturated heterocycles. The van der Waals surface area contributed by atoms with Crippen LogP contribution in [0.4, 0.5) is 10.1 Å². The Kier molecular flexibility index (Phi) is 4.95. The molecule has 0 bridgehead atoms. The highest BCUT2D eigenvalue weighted by Crippen LogP contribution is 2.27. The molecule has 0 aliphatic carbocycles. The molecule has 0 spiro atoms. The van der Waals surface area contributed by atoms with E-state index >= 15 is 0 Å². The SMILES string of the molecule is CC(C)(C)c1ccc(C(=O)N(c2ccc(F)cc2)C2C=CS(=O)(=O)C2)cc1. The Hall–Kier alpha value is -2.47. The molecule has 2 aromatic carbocycles. The van der Waals surface area contributed by atoms with Crippen LogP contribution in [-0.4, -0.2) is 26.1 Å². The van der Waals surface area contributed by atoms with Crippen LogP contribution < -0.4 is 4.90 Å². The van der Waals surface area contributed by atoms with Crippen LogP contribution in [0, 0.1) is 5.82 Å². The zero-order valence-electron chi connectivity index (χ0n) is 15.5. The van der Waals surface area contributed by atoms with Gasteiger partial charge in [0, 0.05) is 16.7 Å². The first-order chi connectivity index (χ1) is 12.6. The van der Waals surface area contributed by atoms with Crippen molar-refractivity contribution in [2.75, 3.05) is 10.7 Å². The molecule has 4 nitrogen and oxygen atoms in total. The van der Waals surface area contributed by atoms with Crippen LogP contribution in [0.25, 0.3) is 0 Å². The minimum Gasteiger partial charge on any atom is -0.300 e. The predicted octanol–water partition coefficient (Wildman–Crippen LogP) is 4.08. The molecule has 1 atom stereocenters. The van der Waals surface area contributed by atoms with Gasteiger partial charge < -0.3 is 4.90 Å². The number of carbonyl (C=O) groups excluding carboxylic acids is 1. The van der Waals surface area contributed by atoms with Gasteiger partial charge in [0.1, 0.15) is 5.82 Å². The van der Waals surface area contributed by atoms with E-state index in [9.17, 15) is 17.6 Å². The molecule has 0 saturated carbocycles. The number of anilines is 1. The van der Waals surface area contributed by atoms with E-state index < -0.39 is 21.7 Å². The number of benzene rings is 2. The number of hydrogen-bond donors (Lipinski definition) is 0. The van der Waals surface area contributed by atoms with Crippen molar-refractivity contribution in [1.82, 2.24) is 0 Å². The van der Waals surface area contributed by atoms with E-state index in [0.717, 1.165) is 11.0 Å². The van der Waals surface area contributed by atoms with Gasteiger partial charge >= 0.3 is 0 Å². The van der Waals surface area contributed by atoms with Crippen LogP contribution in [0.5, 0.6) is 0 Å². The van der Waals surface area contributed by atoms with Crippen LogP contribution in [-0.2, 0) is 15.3 Å². The molecule has 3 rings (SSSR count). The summed E-state index contributed by atoms with van der Waals surface area (Å²) in [6.07, 6.45) is 1.50. The van der Waals surface area contributed by atoms with Crippen molar-refractivity contribution in [3.63, 3.8) is 0 Å². The lowest BCUT2D eigenvalue weighted by molar-refractivity contribution is 0.0983. The molecular formula is C21H22FNO3S. The summed E-state index contributed by atoms with van der Waals surface area (Å²) in [7, 11) is -3.35. The maximum Gasteiger partial charge on any atom is 0.258 e. The minimum atomic E-state index is -3.35. The Morgan fingerprint density at radius 1 is 1.04 bits per heavy atom. The van der Waals surface area contributed by atoms with Crippen molar-refractivity contribution >= 4 is 21.4 Å². The third kappa shape index (κ3) is 4.27. The molecule has 0 N–H and O–H groups in total. The quantitative estimate of drug-likeness (QED) is 0.797. The second-order valence-corrected chi connectivity index (χ2v) is 9.64. The lowest BCUT2D eigenvalue weighted by Crippen LogP contribution is -2.41. The van der Waals surface area contributed by atoms with E-state index in [1.807, 2.05) is 12.1 Å². The van der Waals surface area contributed by atoms with E-state index in [2.05, 4.69) is 20.8 Å². The molecule has 1 amide bonds. The fourth-order valence-corrected chi connectivity index (χ4v) is 4.30. The van der Waals surface area contributed by atoms with E-state index in [-0.39, 0.29) is 17.1 Å². The molecule has 2 aromatic rings. The first-order valence-corrected chi connectivity index (χ1v) is 10.4. The number of sulfone groups is 1. The van der Waals surface area contributed by atoms with Crippen molar-refractivity contribution < 1.29 is 17.6 Å². The molecule has 0 aromatic heterocycles. The van der Waals surface area contributed by atoms with E-state index in [0.29, 0.717) is 11.3 Å². The van der Waals surface area contributed by atoms with Crippen LogP contribution in [0.3, 0.4) is 0 Å². The molecule has 27 heavy (non-hydrogen) atoms. The van der Waals surface area contributed by atoms with Gasteiger partial charge in [-0.1, -0.05) is 32.9 Å². The van der Waals surface area contributed by atoms with Crippen LogP contribution in [0.15, 0.2) is 60.0 Å². The lowest BCUT2D eigenvalue weighted by Gasteiger charge is -2.28. The highest BCUT2D eigenvalue weighted by molar-refractivity contribution is 7.94. The van der Waals surface area contributed by atoms with Crippen LogP contribution >= 0.6 is 0 Å². The van der Waals surface area contributed by atoms with Gasteiger partial charge in [-0.25, -0.2) is 12.8 Å². The molecule has 1 unspecified atom stereocenters. The topological polar surface area (TPSA) is 54.5 Å². The number of carbonyl (C=O) groups is 1. The highest BCUT2D eigenvalue weighted by Gasteiger charge is 2.32. The smallest absolute Gasteiger partial charge is 0.258 e. The molecule has 1 aliphatic heterocycles.